The van der Waals surface area contributed by atoms with Gasteiger partial charge in [-0.2, -0.15) is 5.26 Å². The molecule has 0 saturated carbocycles. The van der Waals surface area contributed by atoms with Gasteiger partial charge in [-0.3, -0.25) is 4.79 Å². The number of nitrogens with one attached hydrogen (secondary N) is 2. The van der Waals surface area contributed by atoms with Crippen LogP contribution in [0.2, 0.25) is 0 Å². The Morgan fingerprint density at radius 1 is 1.15 bits per heavy atom. The number of hydrogen-bond donors (Lipinski definition) is 2. The minimum Gasteiger partial charge on any atom is -0.378 e. The van der Waals surface area contributed by atoms with Gasteiger partial charge >= 0.3 is 0 Å². The molecule has 0 spiro atoms. The third-order valence-corrected chi connectivity index (χ3v) is 4.61. The molecule has 1 saturated heterocycles. The summed E-state index contributed by atoms with van der Waals surface area (Å²) in [5.41, 5.74) is 3.66. The number of hydrogen-bond acceptors (Lipinski definition) is 5. The van der Waals surface area contributed by atoms with Crippen LogP contribution >= 0.6 is 0 Å². The molecular weight excluding hydrogens is 340 g/mol. The van der Waals surface area contributed by atoms with Crippen molar-refractivity contribution in [1.29, 1.82) is 5.26 Å². The van der Waals surface area contributed by atoms with Gasteiger partial charge in [0, 0.05) is 24.5 Å². The van der Waals surface area contributed by atoms with Crippen molar-refractivity contribution in [2.75, 3.05) is 43.1 Å². The van der Waals surface area contributed by atoms with Gasteiger partial charge in [0.05, 0.1) is 37.4 Å². The van der Waals surface area contributed by atoms with Gasteiger partial charge in [-0.1, -0.05) is 12.1 Å². The first-order chi connectivity index (χ1) is 13.2. The summed E-state index contributed by atoms with van der Waals surface area (Å²) in [6.07, 6.45) is 0. The Kier molecular flexibility index (Phi) is 6.29. The minimum absolute atomic E-state index is 0.0704. The number of rotatable bonds is 6. The van der Waals surface area contributed by atoms with Crippen molar-refractivity contribution in [2.45, 2.75) is 13.0 Å². The molecule has 6 nitrogen and oxygen atoms in total. The summed E-state index contributed by atoms with van der Waals surface area (Å²) in [7, 11) is 0. The van der Waals surface area contributed by atoms with Crippen molar-refractivity contribution in [3.8, 4) is 6.07 Å². The van der Waals surface area contributed by atoms with Gasteiger partial charge in [-0.15, -0.1) is 0 Å². The van der Waals surface area contributed by atoms with Gasteiger partial charge in [-0.25, -0.2) is 0 Å². The number of morpholine rings is 1. The maximum atomic E-state index is 12.2. The van der Waals surface area contributed by atoms with Crippen LogP contribution in [0.5, 0.6) is 0 Å². The first-order valence-corrected chi connectivity index (χ1v) is 9.12. The monoisotopic (exact) mass is 364 g/mol. The van der Waals surface area contributed by atoms with E-state index in [2.05, 4.69) is 45.9 Å². The molecule has 0 bridgehead atoms. The van der Waals surface area contributed by atoms with Crippen molar-refractivity contribution in [3.05, 3.63) is 59.7 Å². The van der Waals surface area contributed by atoms with E-state index < -0.39 is 0 Å². The molecule has 1 atom stereocenters. The molecule has 2 N–H and O–H groups in total. The van der Waals surface area contributed by atoms with Crippen molar-refractivity contribution in [2.24, 2.45) is 0 Å². The number of anilines is 2. The number of benzene rings is 2. The van der Waals surface area contributed by atoms with E-state index in [0.29, 0.717) is 5.56 Å². The summed E-state index contributed by atoms with van der Waals surface area (Å²) >= 11 is 0. The number of carbonyl (C=O) groups excluding carboxylic acids is 1. The van der Waals surface area contributed by atoms with Crippen LogP contribution in [0.25, 0.3) is 0 Å². The van der Waals surface area contributed by atoms with Crippen LogP contribution in [0.15, 0.2) is 48.5 Å². The summed E-state index contributed by atoms with van der Waals surface area (Å²) in [5.74, 6) is -0.0795. The van der Waals surface area contributed by atoms with E-state index in [9.17, 15) is 4.79 Å². The second-order valence-corrected chi connectivity index (χ2v) is 6.52. The number of nitriles is 1. The molecule has 27 heavy (non-hydrogen) atoms. The molecule has 2 aromatic carbocycles. The van der Waals surface area contributed by atoms with Gasteiger partial charge in [-0.05, 0) is 48.9 Å². The summed E-state index contributed by atoms with van der Waals surface area (Å²) in [5, 5.41) is 14.9. The minimum atomic E-state index is -0.0795. The average Bonchev–Trinajstić information content (AvgIpc) is 2.73. The van der Waals surface area contributed by atoms with E-state index in [-0.39, 0.29) is 18.5 Å². The predicted molar refractivity (Wildman–Crippen MR) is 106 cm³/mol. The van der Waals surface area contributed by atoms with Crippen molar-refractivity contribution >= 4 is 17.3 Å². The summed E-state index contributed by atoms with van der Waals surface area (Å²) in [6.45, 7) is 5.51. The zero-order valence-electron chi connectivity index (χ0n) is 15.4. The highest BCUT2D eigenvalue weighted by Crippen LogP contribution is 2.20. The van der Waals surface area contributed by atoms with Gasteiger partial charge < -0.3 is 20.3 Å². The summed E-state index contributed by atoms with van der Waals surface area (Å²) in [6, 6.07) is 17.3. The topological polar surface area (TPSA) is 77.4 Å². The van der Waals surface area contributed by atoms with Gasteiger partial charge in [0.25, 0.3) is 0 Å². The predicted octanol–water partition coefficient (Wildman–Crippen LogP) is 2.68. The zero-order valence-corrected chi connectivity index (χ0v) is 15.4. The Bertz CT molecular complexity index is 790. The number of ether oxygens (including phenoxy) is 1. The van der Waals surface area contributed by atoms with Gasteiger partial charge in [0.1, 0.15) is 0 Å². The van der Waals surface area contributed by atoms with Crippen LogP contribution in [0.3, 0.4) is 0 Å². The average molecular weight is 364 g/mol. The Morgan fingerprint density at radius 2 is 1.81 bits per heavy atom. The SMILES string of the molecule is CC(NC(=O)CNc1ccc(C#N)cc1)c1ccc(N2CCOCC2)cc1. The molecule has 0 aromatic heterocycles. The molecule has 1 aliphatic heterocycles. The van der Waals surface area contributed by atoms with Crippen LogP contribution < -0.4 is 15.5 Å². The fourth-order valence-corrected chi connectivity index (χ4v) is 3.02. The van der Waals surface area contributed by atoms with Gasteiger partial charge in [0.2, 0.25) is 5.91 Å². The molecule has 2 aromatic rings. The largest absolute Gasteiger partial charge is 0.378 e. The molecule has 1 aliphatic rings. The molecule has 3 rings (SSSR count). The molecule has 6 heteroatoms. The van der Waals surface area contributed by atoms with E-state index in [0.717, 1.165) is 37.6 Å². The number of carbonyl (C=O) groups is 1. The van der Waals surface area contributed by atoms with Crippen LogP contribution in [0, 0.1) is 11.3 Å². The molecule has 0 radical (unpaired) electrons. The highest BCUT2D eigenvalue weighted by atomic mass is 16.5. The highest BCUT2D eigenvalue weighted by molar-refractivity contribution is 5.81. The van der Waals surface area contributed by atoms with Gasteiger partial charge in [0.15, 0.2) is 0 Å². The van der Waals surface area contributed by atoms with E-state index in [1.165, 1.54) is 5.69 Å². The zero-order chi connectivity index (χ0) is 19.1. The summed E-state index contributed by atoms with van der Waals surface area (Å²) in [4.78, 5) is 14.5. The number of amides is 1. The Labute approximate surface area is 159 Å². The molecule has 1 unspecified atom stereocenters. The Balaban J connectivity index is 1.49. The first kappa shape index (κ1) is 18.7. The van der Waals surface area contributed by atoms with E-state index in [1.54, 1.807) is 24.3 Å². The molecule has 140 valence electrons. The lowest BCUT2D eigenvalue weighted by molar-refractivity contribution is -0.120. The first-order valence-electron chi connectivity index (χ1n) is 9.12. The fourth-order valence-electron chi connectivity index (χ4n) is 3.02. The Hall–Kier alpha value is -3.04. The second-order valence-electron chi connectivity index (χ2n) is 6.52. The van der Waals surface area contributed by atoms with Crippen LogP contribution in [-0.4, -0.2) is 38.8 Å². The van der Waals surface area contributed by atoms with Crippen LogP contribution in [-0.2, 0) is 9.53 Å². The normalized spacial score (nSPS) is 14.9. The van der Waals surface area contributed by atoms with E-state index >= 15 is 0 Å². The van der Waals surface area contributed by atoms with Crippen LogP contribution in [0.1, 0.15) is 24.1 Å². The lowest BCUT2D eigenvalue weighted by atomic mass is 10.1. The van der Waals surface area contributed by atoms with Crippen molar-refractivity contribution in [1.82, 2.24) is 5.32 Å². The third kappa shape index (κ3) is 5.22. The molecule has 1 fully saturated rings. The van der Waals surface area contributed by atoms with Crippen LogP contribution in [0.4, 0.5) is 11.4 Å². The lowest BCUT2D eigenvalue weighted by Gasteiger charge is -2.29. The maximum Gasteiger partial charge on any atom is 0.239 e. The quantitative estimate of drug-likeness (QED) is 0.824. The molecular formula is C21H24N4O2. The molecule has 1 amide bonds. The van der Waals surface area contributed by atoms with E-state index in [4.69, 9.17) is 10.00 Å². The lowest BCUT2D eigenvalue weighted by Crippen LogP contribution is -2.36. The Morgan fingerprint density at radius 3 is 2.44 bits per heavy atom. The molecule has 0 aliphatic carbocycles. The standard InChI is InChI=1S/C21H24N4O2/c1-16(18-4-8-20(9-5-18)25-10-12-27-13-11-25)24-21(26)15-23-19-6-2-17(14-22)3-7-19/h2-9,16,23H,10-13,15H2,1H3,(H,24,26). The van der Waals surface area contributed by atoms with Crippen molar-refractivity contribution < 1.29 is 9.53 Å². The molecule has 1 heterocycles. The smallest absolute Gasteiger partial charge is 0.239 e. The van der Waals surface area contributed by atoms with E-state index in [1.807, 2.05) is 6.92 Å². The fraction of sp³-hybridized carbons (Fsp3) is 0.333. The number of nitrogens with zero attached hydrogens (tertiary/aromatic N) is 2. The highest BCUT2D eigenvalue weighted by Gasteiger charge is 2.13. The maximum absolute atomic E-state index is 12.2. The summed E-state index contributed by atoms with van der Waals surface area (Å²) < 4.78 is 5.38. The van der Waals surface area contributed by atoms with Crippen molar-refractivity contribution in [3.63, 3.8) is 0 Å². The second kappa shape index (κ2) is 9.06. The third-order valence-electron chi connectivity index (χ3n) is 4.61.